The average Bonchev–Trinajstić information content (AvgIpc) is 2.54. The van der Waals surface area contributed by atoms with Crippen LogP contribution in [0.1, 0.15) is 5.56 Å². The average molecular weight is 150 g/mol. The van der Waals surface area contributed by atoms with Crippen LogP contribution in [0.2, 0.25) is 0 Å². The highest BCUT2D eigenvalue weighted by atomic mass is 15.3. The molecule has 2 heterocycles. The molecule has 2 aromatic rings. The fourth-order valence-corrected chi connectivity index (χ4v) is 1.27. The van der Waals surface area contributed by atoms with Crippen LogP contribution in [-0.4, -0.2) is 14.2 Å². The van der Waals surface area contributed by atoms with E-state index in [4.69, 9.17) is 5.73 Å². The number of aromatic nitrogens is 3. The van der Waals surface area contributed by atoms with Gasteiger partial charge in [-0.15, -0.1) is 0 Å². The van der Waals surface area contributed by atoms with Gasteiger partial charge in [-0.3, -0.25) is 0 Å². The predicted molar refractivity (Wildman–Crippen MR) is 42.1 cm³/mol. The molecule has 0 bridgehead atoms. The van der Waals surface area contributed by atoms with Crippen molar-refractivity contribution in [1.29, 1.82) is 0 Å². The molecule has 0 saturated heterocycles. The van der Waals surface area contributed by atoms with Gasteiger partial charge in [0.15, 0.2) is 0 Å². The van der Waals surface area contributed by atoms with E-state index in [1.54, 1.807) is 6.20 Å². The Kier molecular flexibility index (Phi) is 1.22. The molecule has 2 rings (SSSR count). The molecule has 0 aliphatic heterocycles. The SMILES string of the molecule is Cn1ccn2ncc(CN)c12. The summed E-state index contributed by atoms with van der Waals surface area (Å²) >= 11 is 0. The smallest absolute Gasteiger partial charge is 0.139 e. The van der Waals surface area contributed by atoms with Gasteiger partial charge in [0, 0.05) is 31.5 Å². The molecule has 0 saturated carbocycles. The number of imidazole rings is 1. The molecule has 0 spiro atoms. The van der Waals surface area contributed by atoms with Crippen LogP contribution >= 0.6 is 0 Å². The minimum atomic E-state index is 0.543. The van der Waals surface area contributed by atoms with Gasteiger partial charge in [0.25, 0.3) is 0 Å². The van der Waals surface area contributed by atoms with Gasteiger partial charge < -0.3 is 10.3 Å². The number of hydrogen-bond acceptors (Lipinski definition) is 2. The van der Waals surface area contributed by atoms with E-state index >= 15 is 0 Å². The quantitative estimate of drug-likeness (QED) is 0.628. The number of nitrogens with zero attached hydrogens (tertiary/aromatic N) is 3. The summed E-state index contributed by atoms with van der Waals surface area (Å²) in [5.74, 6) is 0. The van der Waals surface area contributed by atoms with Gasteiger partial charge in [-0.2, -0.15) is 5.10 Å². The van der Waals surface area contributed by atoms with Gasteiger partial charge in [-0.05, 0) is 0 Å². The van der Waals surface area contributed by atoms with Crippen molar-refractivity contribution < 1.29 is 0 Å². The third kappa shape index (κ3) is 0.760. The van der Waals surface area contributed by atoms with Crippen molar-refractivity contribution in [2.45, 2.75) is 6.54 Å². The third-order valence-electron chi connectivity index (χ3n) is 1.83. The van der Waals surface area contributed by atoms with Crippen LogP contribution in [0, 0.1) is 0 Å². The Morgan fingerprint density at radius 3 is 3.09 bits per heavy atom. The van der Waals surface area contributed by atoms with Crippen molar-refractivity contribution >= 4 is 5.65 Å². The number of fused-ring (bicyclic) bond motifs is 1. The minimum Gasteiger partial charge on any atom is -0.334 e. The predicted octanol–water partition coefficient (Wildman–Crippen LogP) is 0.132. The monoisotopic (exact) mass is 150 g/mol. The molecule has 4 nitrogen and oxygen atoms in total. The van der Waals surface area contributed by atoms with E-state index in [1.165, 1.54) is 0 Å². The number of aryl methyl sites for hydroxylation is 1. The summed E-state index contributed by atoms with van der Waals surface area (Å²) in [6.07, 6.45) is 5.67. The lowest BCUT2D eigenvalue weighted by Crippen LogP contribution is -1.97. The van der Waals surface area contributed by atoms with Gasteiger partial charge in [-0.25, -0.2) is 4.52 Å². The molecule has 0 fully saturated rings. The van der Waals surface area contributed by atoms with Gasteiger partial charge in [0.05, 0.1) is 6.20 Å². The maximum Gasteiger partial charge on any atom is 0.139 e. The minimum absolute atomic E-state index is 0.543. The van der Waals surface area contributed by atoms with E-state index in [0.29, 0.717) is 6.54 Å². The molecule has 0 unspecified atom stereocenters. The Morgan fingerprint density at radius 2 is 2.36 bits per heavy atom. The summed E-state index contributed by atoms with van der Waals surface area (Å²) in [7, 11) is 1.98. The van der Waals surface area contributed by atoms with Crippen molar-refractivity contribution in [3.8, 4) is 0 Å². The second kappa shape index (κ2) is 2.10. The van der Waals surface area contributed by atoms with E-state index in [-0.39, 0.29) is 0 Å². The molecule has 0 amide bonds. The topological polar surface area (TPSA) is 48.2 Å². The highest BCUT2D eigenvalue weighted by molar-refractivity contribution is 5.47. The van der Waals surface area contributed by atoms with Gasteiger partial charge >= 0.3 is 0 Å². The Balaban J connectivity index is 2.80. The molecule has 2 N–H and O–H groups in total. The molecular weight excluding hydrogens is 140 g/mol. The third-order valence-corrected chi connectivity index (χ3v) is 1.83. The first-order valence-electron chi connectivity index (χ1n) is 3.50. The second-order valence-corrected chi connectivity index (χ2v) is 2.55. The zero-order valence-electron chi connectivity index (χ0n) is 6.36. The largest absolute Gasteiger partial charge is 0.334 e. The highest BCUT2D eigenvalue weighted by Crippen LogP contribution is 2.08. The lowest BCUT2D eigenvalue weighted by atomic mass is 10.3. The molecule has 2 aromatic heterocycles. The van der Waals surface area contributed by atoms with Gasteiger partial charge in [0.1, 0.15) is 5.65 Å². The molecule has 0 aromatic carbocycles. The van der Waals surface area contributed by atoms with Gasteiger partial charge in [0.2, 0.25) is 0 Å². The Morgan fingerprint density at radius 1 is 1.55 bits per heavy atom. The van der Waals surface area contributed by atoms with Crippen LogP contribution in [0.15, 0.2) is 18.6 Å². The van der Waals surface area contributed by atoms with E-state index in [0.717, 1.165) is 11.2 Å². The van der Waals surface area contributed by atoms with E-state index in [2.05, 4.69) is 5.10 Å². The van der Waals surface area contributed by atoms with Crippen LogP contribution in [0.4, 0.5) is 0 Å². The lowest BCUT2D eigenvalue weighted by molar-refractivity contribution is 0.921. The maximum absolute atomic E-state index is 5.52. The summed E-state index contributed by atoms with van der Waals surface area (Å²) in [4.78, 5) is 0. The lowest BCUT2D eigenvalue weighted by Gasteiger charge is -1.93. The van der Waals surface area contributed by atoms with Crippen LogP contribution in [0.3, 0.4) is 0 Å². The normalized spacial score (nSPS) is 11.1. The van der Waals surface area contributed by atoms with E-state index in [9.17, 15) is 0 Å². The zero-order valence-corrected chi connectivity index (χ0v) is 6.36. The number of nitrogens with two attached hydrogens (primary N) is 1. The first kappa shape index (κ1) is 6.42. The molecular formula is C7H10N4. The van der Waals surface area contributed by atoms with Crippen LogP contribution in [0.25, 0.3) is 5.65 Å². The van der Waals surface area contributed by atoms with Crippen LogP contribution in [0.5, 0.6) is 0 Å². The molecule has 0 radical (unpaired) electrons. The summed E-state index contributed by atoms with van der Waals surface area (Å²) in [6, 6.07) is 0. The number of rotatable bonds is 1. The van der Waals surface area contributed by atoms with Gasteiger partial charge in [-0.1, -0.05) is 0 Å². The number of hydrogen-bond donors (Lipinski definition) is 1. The summed E-state index contributed by atoms with van der Waals surface area (Å²) < 4.78 is 3.83. The Hall–Kier alpha value is -1.29. The fraction of sp³-hybridized carbons (Fsp3) is 0.286. The molecule has 0 aliphatic rings. The Labute approximate surface area is 64.2 Å². The highest BCUT2D eigenvalue weighted by Gasteiger charge is 2.03. The van der Waals surface area contributed by atoms with Crippen molar-refractivity contribution in [1.82, 2.24) is 14.2 Å². The van der Waals surface area contributed by atoms with Crippen molar-refractivity contribution in [3.05, 3.63) is 24.2 Å². The first-order chi connectivity index (χ1) is 5.33. The molecule has 11 heavy (non-hydrogen) atoms. The van der Waals surface area contributed by atoms with Crippen LogP contribution < -0.4 is 5.73 Å². The molecule has 4 heteroatoms. The Bertz CT molecular complexity index is 371. The van der Waals surface area contributed by atoms with E-state index < -0.39 is 0 Å². The van der Waals surface area contributed by atoms with Crippen molar-refractivity contribution in [2.24, 2.45) is 12.8 Å². The molecule has 0 aliphatic carbocycles. The molecule has 58 valence electrons. The second-order valence-electron chi connectivity index (χ2n) is 2.55. The summed E-state index contributed by atoms with van der Waals surface area (Å²) in [5, 5.41) is 4.13. The zero-order chi connectivity index (χ0) is 7.84. The molecule has 0 atom stereocenters. The van der Waals surface area contributed by atoms with E-state index in [1.807, 2.05) is 28.5 Å². The van der Waals surface area contributed by atoms with Crippen molar-refractivity contribution in [3.63, 3.8) is 0 Å². The standard InChI is InChI=1S/C7H10N4/c1-10-2-3-11-7(10)6(4-8)5-9-11/h2-3,5H,4,8H2,1H3. The summed E-state index contributed by atoms with van der Waals surface area (Å²) in [6.45, 7) is 0.543. The fourth-order valence-electron chi connectivity index (χ4n) is 1.27. The maximum atomic E-state index is 5.52. The first-order valence-corrected chi connectivity index (χ1v) is 3.50. The summed E-state index contributed by atoms with van der Waals surface area (Å²) in [5.41, 5.74) is 7.68. The van der Waals surface area contributed by atoms with Crippen molar-refractivity contribution in [2.75, 3.05) is 0 Å². The van der Waals surface area contributed by atoms with Crippen LogP contribution in [-0.2, 0) is 13.6 Å².